The average molecular weight is 191 g/mol. The highest BCUT2D eigenvalue weighted by Gasteiger charge is 2.41. The summed E-state index contributed by atoms with van der Waals surface area (Å²) < 4.78 is 0. The van der Waals surface area contributed by atoms with E-state index in [9.17, 15) is 0 Å². The van der Waals surface area contributed by atoms with Gasteiger partial charge in [-0.1, -0.05) is 18.7 Å². The second-order valence-electron chi connectivity index (χ2n) is 5.96. The summed E-state index contributed by atoms with van der Waals surface area (Å²) in [5.41, 5.74) is 3.17. The Kier molecular flexibility index (Phi) is 2.21. The first-order chi connectivity index (χ1) is 6.42. The Labute approximate surface area is 89.0 Å². The number of allylic oxidation sites excluding steroid dienone is 1. The number of fused-ring (bicyclic) bond motifs is 1. The molecule has 0 aromatic carbocycles. The molecule has 2 heteroatoms. The maximum atomic E-state index is 2.51. The quantitative estimate of drug-likeness (QED) is 0.530. The van der Waals surface area contributed by atoms with E-state index in [4.69, 9.17) is 0 Å². The highest BCUT2D eigenvalue weighted by Crippen LogP contribution is 2.49. The van der Waals surface area contributed by atoms with E-state index in [1.165, 1.54) is 25.0 Å². The fourth-order valence-electron chi connectivity index (χ4n) is 3.26. The third-order valence-corrected chi connectivity index (χ3v) is 4.51. The van der Waals surface area contributed by atoms with Crippen LogP contribution in [0.1, 0.15) is 40.0 Å². The highest BCUT2D eigenvalue weighted by molar-refractivity contribution is 6.14. The second kappa shape index (κ2) is 3.05. The molecule has 1 fully saturated rings. The van der Waals surface area contributed by atoms with Gasteiger partial charge in [-0.2, -0.15) is 0 Å². The van der Waals surface area contributed by atoms with Crippen LogP contribution in [0.4, 0.5) is 0 Å². The minimum absolute atomic E-state index is 0.556. The van der Waals surface area contributed by atoms with Crippen molar-refractivity contribution in [3.63, 3.8) is 0 Å². The summed E-state index contributed by atoms with van der Waals surface area (Å²) in [6.45, 7) is 7.02. The van der Waals surface area contributed by atoms with Gasteiger partial charge in [-0.25, -0.2) is 0 Å². The molecule has 1 heterocycles. The zero-order valence-electron chi connectivity index (χ0n) is 10.2. The molecule has 1 nitrogen and oxygen atoms in total. The Balaban J connectivity index is 2.22. The largest absolute Gasteiger partial charge is 0.375 e. The molecule has 0 spiro atoms. The molecule has 0 radical (unpaired) electrons. The molecule has 1 aliphatic carbocycles. The maximum Gasteiger partial charge on any atom is 0.109 e. The molecule has 2 aliphatic rings. The predicted molar refractivity (Wildman–Crippen MR) is 64.2 cm³/mol. The summed E-state index contributed by atoms with van der Waals surface area (Å²) in [5, 5.41) is 0.556. The van der Waals surface area contributed by atoms with Crippen molar-refractivity contribution in [3.05, 3.63) is 11.3 Å². The molecule has 2 rings (SSSR count). The predicted octanol–water partition coefficient (Wildman–Crippen LogP) is 2.21. The van der Waals surface area contributed by atoms with E-state index >= 15 is 0 Å². The summed E-state index contributed by atoms with van der Waals surface area (Å²) in [4.78, 5) is 2.51. The molecule has 2 unspecified atom stereocenters. The fraction of sp³-hybridized carbons (Fsp3) is 0.833. The molecular weight excluding hydrogens is 169 g/mol. The first-order valence-corrected chi connectivity index (χ1v) is 5.82. The third-order valence-electron chi connectivity index (χ3n) is 4.51. The Bertz CT molecular complexity index is 280. The summed E-state index contributed by atoms with van der Waals surface area (Å²) >= 11 is 0. The highest BCUT2D eigenvalue weighted by atomic mass is 15.2. The molecule has 0 aromatic heterocycles. The van der Waals surface area contributed by atoms with Crippen molar-refractivity contribution < 1.29 is 0 Å². The number of hydrogen-bond acceptors (Lipinski definition) is 1. The van der Waals surface area contributed by atoms with Crippen LogP contribution in [0.2, 0.25) is 5.31 Å². The van der Waals surface area contributed by atoms with E-state index in [0.29, 0.717) is 5.31 Å². The van der Waals surface area contributed by atoms with E-state index in [1.807, 2.05) is 0 Å². The van der Waals surface area contributed by atoms with Gasteiger partial charge in [-0.3, -0.25) is 0 Å². The third kappa shape index (κ3) is 1.39. The van der Waals surface area contributed by atoms with Gasteiger partial charge in [0, 0.05) is 24.7 Å². The van der Waals surface area contributed by atoms with Crippen LogP contribution < -0.4 is 0 Å². The molecule has 1 saturated carbocycles. The van der Waals surface area contributed by atoms with Gasteiger partial charge in [-0.05, 0) is 32.3 Å². The average Bonchev–Trinajstić information content (AvgIpc) is 2.30. The minimum Gasteiger partial charge on any atom is -0.375 e. The lowest BCUT2D eigenvalue weighted by Gasteiger charge is -2.41. The monoisotopic (exact) mass is 191 g/mol. The standard InChI is InChI=1S/C12H22BN/c1-8-9(2)14(4)11-7-12(3,13)6-5-10(8)11/h10-11H,5-7,13H2,1-4H3/t10?,11?,12-/m1/s1. The SMILES string of the molecule is B[C@]1(C)CCC2C(C)=C(C)N(C)C2C1. The first kappa shape index (κ1) is 10.1. The number of rotatable bonds is 0. The van der Waals surface area contributed by atoms with Gasteiger partial charge in [-0.15, -0.1) is 0 Å². The molecule has 0 saturated heterocycles. The molecule has 14 heavy (non-hydrogen) atoms. The minimum atomic E-state index is 0.556. The summed E-state index contributed by atoms with van der Waals surface area (Å²) in [7, 11) is 4.69. The lowest BCUT2D eigenvalue weighted by atomic mass is 9.58. The van der Waals surface area contributed by atoms with Gasteiger partial charge in [0.1, 0.15) is 7.85 Å². The Hall–Kier alpha value is -0.395. The Morgan fingerprint density at radius 2 is 2.07 bits per heavy atom. The zero-order chi connectivity index (χ0) is 10.5. The normalized spacial score (nSPS) is 43.0. The topological polar surface area (TPSA) is 3.24 Å². The number of hydrogen-bond donors (Lipinski definition) is 0. The summed E-state index contributed by atoms with van der Waals surface area (Å²) in [5.74, 6) is 0.855. The Morgan fingerprint density at radius 3 is 2.71 bits per heavy atom. The maximum absolute atomic E-state index is 2.51. The fourth-order valence-corrected chi connectivity index (χ4v) is 3.26. The van der Waals surface area contributed by atoms with Crippen molar-refractivity contribution in [2.75, 3.05) is 7.05 Å². The molecule has 0 aromatic rings. The smallest absolute Gasteiger partial charge is 0.109 e. The molecule has 78 valence electrons. The van der Waals surface area contributed by atoms with E-state index in [-0.39, 0.29) is 0 Å². The van der Waals surface area contributed by atoms with Crippen LogP contribution in [0.5, 0.6) is 0 Å². The number of nitrogens with zero attached hydrogens (tertiary/aromatic N) is 1. The van der Waals surface area contributed by atoms with Crippen LogP contribution in [0, 0.1) is 5.92 Å². The summed E-state index contributed by atoms with van der Waals surface area (Å²) in [6.07, 6.45) is 4.15. The van der Waals surface area contributed by atoms with Crippen LogP contribution >= 0.6 is 0 Å². The lowest BCUT2D eigenvalue weighted by Crippen LogP contribution is -2.38. The van der Waals surface area contributed by atoms with Gasteiger partial charge in [0.05, 0.1) is 0 Å². The Morgan fingerprint density at radius 1 is 1.43 bits per heavy atom. The van der Waals surface area contributed by atoms with Crippen LogP contribution in [0.15, 0.2) is 11.3 Å². The van der Waals surface area contributed by atoms with Crippen molar-refractivity contribution in [2.45, 2.75) is 51.4 Å². The molecule has 3 atom stereocenters. The van der Waals surface area contributed by atoms with Crippen LogP contribution in [0.3, 0.4) is 0 Å². The van der Waals surface area contributed by atoms with Crippen molar-refractivity contribution >= 4 is 7.85 Å². The van der Waals surface area contributed by atoms with E-state index in [2.05, 4.69) is 40.6 Å². The van der Waals surface area contributed by atoms with Crippen LogP contribution in [0.25, 0.3) is 0 Å². The van der Waals surface area contributed by atoms with E-state index in [1.54, 1.807) is 5.57 Å². The summed E-state index contributed by atoms with van der Waals surface area (Å²) in [6, 6.07) is 0.791. The van der Waals surface area contributed by atoms with Crippen LogP contribution in [-0.2, 0) is 0 Å². The van der Waals surface area contributed by atoms with Crippen molar-refractivity contribution in [1.82, 2.24) is 4.90 Å². The van der Waals surface area contributed by atoms with Crippen molar-refractivity contribution in [2.24, 2.45) is 5.92 Å². The van der Waals surface area contributed by atoms with Gasteiger partial charge in [0.2, 0.25) is 0 Å². The van der Waals surface area contributed by atoms with Gasteiger partial charge >= 0.3 is 0 Å². The first-order valence-electron chi connectivity index (χ1n) is 5.82. The molecular formula is C12H22BN. The van der Waals surface area contributed by atoms with E-state index in [0.717, 1.165) is 12.0 Å². The van der Waals surface area contributed by atoms with Crippen molar-refractivity contribution in [3.8, 4) is 0 Å². The molecule has 0 N–H and O–H groups in total. The molecule has 0 bridgehead atoms. The zero-order valence-corrected chi connectivity index (χ0v) is 10.2. The van der Waals surface area contributed by atoms with Gasteiger partial charge in [0.15, 0.2) is 0 Å². The molecule has 0 amide bonds. The van der Waals surface area contributed by atoms with E-state index < -0.39 is 0 Å². The van der Waals surface area contributed by atoms with Crippen molar-refractivity contribution in [1.29, 1.82) is 0 Å². The second-order valence-corrected chi connectivity index (χ2v) is 5.96. The molecule has 1 aliphatic heterocycles. The van der Waals surface area contributed by atoms with Crippen LogP contribution in [-0.4, -0.2) is 25.8 Å². The van der Waals surface area contributed by atoms with Gasteiger partial charge < -0.3 is 4.90 Å². The lowest BCUT2D eigenvalue weighted by molar-refractivity contribution is 0.190. The van der Waals surface area contributed by atoms with Gasteiger partial charge in [0.25, 0.3) is 0 Å².